The molecule has 4 nitrogen and oxygen atoms in total. The van der Waals surface area contributed by atoms with Crippen LogP contribution in [0.15, 0.2) is 0 Å². The number of alkyl halides is 1. The first kappa shape index (κ1) is 11.7. The van der Waals surface area contributed by atoms with Crippen LogP contribution in [0.2, 0.25) is 0 Å². The molecule has 0 aromatic rings. The van der Waals surface area contributed by atoms with E-state index in [0.717, 1.165) is 32.1 Å². The predicted molar refractivity (Wildman–Crippen MR) is 67.9 cm³/mol. The molecule has 0 saturated heterocycles. The third kappa shape index (κ3) is 1.61. The largest absolute Gasteiger partial charge is 0.481 e. The second-order valence-corrected chi connectivity index (χ2v) is 8.43. The van der Waals surface area contributed by atoms with Crippen LogP contribution in [-0.2, 0) is 14.3 Å². The van der Waals surface area contributed by atoms with Crippen molar-refractivity contribution < 1.29 is 19.4 Å². The van der Waals surface area contributed by atoms with Crippen molar-refractivity contribution >= 4 is 35.0 Å². The average molecular weight is 350 g/mol. The van der Waals surface area contributed by atoms with E-state index in [2.05, 4.69) is 22.6 Å². The lowest BCUT2D eigenvalue weighted by molar-refractivity contribution is -0.196. The SMILES string of the molecule is O=COC12CC3CC(I)(C1)CC(C(=O)O)(C3)C2. The standard InChI is InChI=1S/C12H15IO4/c13-11-2-8-1-10(4-11,9(15)16)5-12(3-8,6-11)17-7-14/h7-8H,1-6H2,(H,15,16). The quantitative estimate of drug-likeness (QED) is 0.481. The van der Waals surface area contributed by atoms with Gasteiger partial charge < -0.3 is 9.84 Å². The molecule has 0 spiro atoms. The summed E-state index contributed by atoms with van der Waals surface area (Å²) in [6, 6.07) is 0. The van der Waals surface area contributed by atoms with Crippen molar-refractivity contribution in [2.45, 2.75) is 47.5 Å². The van der Waals surface area contributed by atoms with Gasteiger partial charge in [-0.1, -0.05) is 22.6 Å². The van der Waals surface area contributed by atoms with Crippen molar-refractivity contribution in [3.8, 4) is 0 Å². The van der Waals surface area contributed by atoms with E-state index in [1.54, 1.807) is 0 Å². The summed E-state index contributed by atoms with van der Waals surface area (Å²) < 4.78 is 5.35. The van der Waals surface area contributed by atoms with E-state index in [4.69, 9.17) is 4.74 Å². The molecule has 0 amide bonds. The van der Waals surface area contributed by atoms with E-state index in [1.807, 2.05) is 0 Å². The lowest BCUT2D eigenvalue weighted by atomic mass is 9.48. The smallest absolute Gasteiger partial charge is 0.309 e. The summed E-state index contributed by atoms with van der Waals surface area (Å²) in [5, 5.41) is 9.53. The molecule has 4 saturated carbocycles. The highest BCUT2D eigenvalue weighted by atomic mass is 127. The van der Waals surface area contributed by atoms with Crippen LogP contribution in [-0.4, -0.2) is 26.6 Å². The second kappa shape index (κ2) is 3.36. The monoisotopic (exact) mass is 350 g/mol. The number of rotatable bonds is 3. The molecule has 4 aliphatic carbocycles. The van der Waals surface area contributed by atoms with E-state index in [-0.39, 0.29) is 3.42 Å². The van der Waals surface area contributed by atoms with Gasteiger partial charge in [-0.2, -0.15) is 0 Å². The van der Waals surface area contributed by atoms with Gasteiger partial charge in [-0.25, -0.2) is 0 Å². The number of carboxylic acids is 1. The predicted octanol–water partition coefficient (Wildman–Crippen LogP) is 2.14. The van der Waals surface area contributed by atoms with Crippen LogP contribution in [0.5, 0.6) is 0 Å². The maximum atomic E-state index is 11.6. The molecule has 0 aromatic carbocycles. The summed E-state index contributed by atoms with van der Waals surface area (Å²) in [6.45, 7) is 0.503. The summed E-state index contributed by atoms with van der Waals surface area (Å²) in [5.41, 5.74) is -1.15. The Morgan fingerprint density at radius 2 is 2.06 bits per heavy atom. The maximum absolute atomic E-state index is 11.6. The summed E-state index contributed by atoms with van der Waals surface area (Å²) in [6.07, 6.45) is 4.76. The van der Waals surface area contributed by atoms with Gasteiger partial charge in [-0.3, -0.25) is 9.59 Å². The van der Waals surface area contributed by atoms with Gasteiger partial charge in [0, 0.05) is 16.3 Å². The number of halogens is 1. The summed E-state index contributed by atoms with van der Waals surface area (Å²) in [5.74, 6) is -0.305. The number of hydrogen-bond acceptors (Lipinski definition) is 3. The number of hydrogen-bond donors (Lipinski definition) is 1. The van der Waals surface area contributed by atoms with Crippen LogP contribution in [0.25, 0.3) is 0 Å². The van der Waals surface area contributed by atoms with Crippen molar-refractivity contribution in [1.82, 2.24) is 0 Å². The normalized spacial score (nSPS) is 51.2. The fourth-order valence-corrected chi connectivity index (χ4v) is 6.75. The van der Waals surface area contributed by atoms with Crippen molar-refractivity contribution in [3.63, 3.8) is 0 Å². The average Bonchev–Trinajstić information content (AvgIpc) is 2.12. The van der Waals surface area contributed by atoms with Gasteiger partial charge in [0.25, 0.3) is 6.47 Å². The molecule has 4 rings (SSSR count). The van der Waals surface area contributed by atoms with Gasteiger partial charge in [0.1, 0.15) is 5.60 Å². The Morgan fingerprint density at radius 3 is 2.65 bits per heavy atom. The van der Waals surface area contributed by atoms with E-state index < -0.39 is 17.0 Å². The lowest BCUT2D eigenvalue weighted by Crippen LogP contribution is -2.63. The van der Waals surface area contributed by atoms with Crippen molar-refractivity contribution in [3.05, 3.63) is 0 Å². The third-order valence-electron chi connectivity index (χ3n) is 4.70. The Kier molecular flexibility index (Phi) is 2.32. The molecule has 4 fully saturated rings. The first-order valence-electron chi connectivity index (χ1n) is 5.95. The zero-order chi connectivity index (χ0) is 12.3. The molecule has 0 aromatic heterocycles. The molecule has 4 bridgehead atoms. The fourth-order valence-electron chi connectivity index (χ4n) is 4.71. The zero-order valence-electron chi connectivity index (χ0n) is 9.45. The Labute approximate surface area is 113 Å². The topological polar surface area (TPSA) is 63.6 Å². The van der Waals surface area contributed by atoms with Gasteiger partial charge in [0.2, 0.25) is 0 Å². The van der Waals surface area contributed by atoms with Gasteiger partial charge in [-0.05, 0) is 31.6 Å². The zero-order valence-corrected chi connectivity index (χ0v) is 11.6. The van der Waals surface area contributed by atoms with Crippen LogP contribution in [0, 0.1) is 11.3 Å². The van der Waals surface area contributed by atoms with Gasteiger partial charge in [0.05, 0.1) is 5.41 Å². The first-order valence-corrected chi connectivity index (χ1v) is 7.03. The summed E-state index contributed by atoms with van der Waals surface area (Å²) >= 11 is 2.40. The highest BCUT2D eigenvalue weighted by Gasteiger charge is 2.66. The van der Waals surface area contributed by atoms with Crippen molar-refractivity contribution in [2.75, 3.05) is 0 Å². The second-order valence-electron chi connectivity index (χ2n) is 6.14. The molecule has 0 radical (unpaired) electrons. The number of carbonyl (C=O) groups is 2. The fraction of sp³-hybridized carbons (Fsp3) is 0.833. The van der Waals surface area contributed by atoms with Gasteiger partial charge >= 0.3 is 5.97 Å². The van der Waals surface area contributed by atoms with E-state index in [1.165, 1.54) is 0 Å². The molecule has 0 aliphatic heterocycles. The molecule has 4 aliphatic rings. The molecule has 17 heavy (non-hydrogen) atoms. The Bertz CT molecular complexity index is 398. The summed E-state index contributed by atoms with van der Waals surface area (Å²) in [7, 11) is 0. The highest BCUT2D eigenvalue weighted by Crippen LogP contribution is 2.66. The van der Waals surface area contributed by atoms with E-state index >= 15 is 0 Å². The van der Waals surface area contributed by atoms with E-state index in [0.29, 0.717) is 18.8 Å². The molecule has 4 atom stereocenters. The third-order valence-corrected chi connectivity index (χ3v) is 5.90. The van der Waals surface area contributed by atoms with Crippen LogP contribution in [0.1, 0.15) is 38.5 Å². The molecule has 0 heterocycles. The highest BCUT2D eigenvalue weighted by molar-refractivity contribution is 14.1. The maximum Gasteiger partial charge on any atom is 0.309 e. The molecule has 4 unspecified atom stereocenters. The number of ether oxygens (including phenoxy) is 1. The van der Waals surface area contributed by atoms with Gasteiger partial charge in [-0.15, -0.1) is 0 Å². The number of carbonyl (C=O) groups excluding carboxylic acids is 1. The number of carboxylic acid groups (broad SMARTS) is 1. The van der Waals surface area contributed by atoms with Crippen LogP contribution < -0.4 is 0 Å². The molecule has 5 heteroatoms. The Balaban J connectivity index is 2.02. The van der Waals surface area contributed by atoms with Crippen molar-refractivity contribution in [2.24, 2.45) is 11.3 Å². The molecule has 94 valence electrons. The van der Waals surface area contributed by atoms with Crippen LogP contribution in [0.4, 0.5) is 0 Å². The molecular formula is C12H15IO4. The van der Waals surface area contributed by atoms with Crippen molar-refractivity contribution in [1.29, 1.82) is 0 Å². The minimum Gasteiger partial charge on any atom is -0.481 e. The Morgan fingerprint density at radius 1 is 1.29 bits per heavy atom. The minimum absolute atomic E-state index is 0.0125. The van der Waals surface area contributed by atoms with Gasteiger partial charge in [0.15, 0.2) is 0 Å². The van der Waals surface area contributed by atoms with Crippen LogP contribution in [0.3, 0.4) is 0 Å². The molecule has 1 N–H and O–H groups in total. The molecular weight excluding hydrogens is 335 g/mol. The van der Waals surface area contributed by atoms with E-state index in [9.17, 15) is 14.7 Å². The van der Waals surface area contributed by atoms with Crippen LogP contribution >= 0.6 is 22.6 Å². The Hall–Kier alpha value is -0.330. The summed E-state index contributed by atoms with van der Waals surface area (Å²) in [4.78, 5) is 22.3. The lowest BCUT2D eigenvalue weighted by Gasteiger charge is -2.62. The minimum atomic E-state index is -0.707. The number of aliphatic carboxylic acids is 1. The first-order chi connectivity index (χ1) is 7.91.